The van der Waals surface area contributed by atoms with E-state index in [1.54, 1.807) is 29.1 Å². The Kier molecular flexibility index (Phi) is 9.06. The Morgan fingerprint density at radius 3 is 2.71 bits per heavy atom. The maximum atomic E-state index is 12.1. The summed E-state index contributed by atoms with van der Waals surface area (Å²) in [6.45, 7) is 1.23. The molecule has 0 radical (unpaired) electrons. The van der Waals surface area contributed by atoms with E-state index in [0.717, 1.165) is 24.1 Å². The molecular formula is C20H22KN3O4. The van der Waals surface area contributed by atoms with Crippen molar-refractivity contribution in [2.24, 2.45) is 13.0 Å². The first-order valence-electron chi connectivity index (χ1n) is 8.91. The fourth-order valence-electron chi connectivity index (χ4n) is 3.24. The molecule has 3 rings (SSSR count). The monoisotopic (exact) mass is 407 g/mol. The molecule has 1 N–H and O–H groups in total. The maximum absolute atomic E-state index is 12.1. The molecule has 0 bridgehead atoms. The molecule has 1 aliphatic rings. The summed E-state index contributed by atoms with van der Waals surface area (Å²) < 4.78 is 7.73. The van der Waals surface area contributed by atoms with Gasteiger partial charge in [-0.25, -0.2) is 0 Å². The molecule has 0 aliphatic carbocycles. The van der Waals surface area contributed by atoms with Gasteiger partial charge < -0.3 is 20.0 Å². The van der Waals surface area contributed by atoms with Crippen LogP contribution in [0.1, 0.15) is 40.6 Å². The van der Waals surface area contributed by atoms with Crippen LogP contribution >= 0.6 is 0 Å². The number of carbonyl (C=O) groups excluding carboxylic acids is 2. The van der Waals surface area contributed by atoms with E-state index in [1.807, 2.05) is 13.1 Å². The van der Waals surface area contributed by atoms with Gasteiger partial charge in [-0.15, -0.1) is 0 Å². The molecule has 7 nitrogen and oxygen atoms in total. The number of hydrogen-bond acceptors (Lipinski definition) is 5. The smallest absolute Gasteiger partial charge is 0.545 e. The molecule has 2 atom stereocenters. The number of carboxylic acids is 1. The quantitative estimate of drug-likeness (QED) is 0.445. The molecule has 1 aromatic carbocycles. The van der Waals surface area contributed by atoms with Crippen LogP contribution in [0.15, 0.2) is 42.6 Å². The average Bonchev–Trinajstić information content (AvgIpc) is 3.11. The van der Waals surface area contributed by atoms with Gasteiger partial charge in [-0.1, -0.05) is 24.3 Å². The number of hydrogen-bond donors (Lipinski definition) is 1. The Balaban J connectivity index is 0.00000280. The second-order valence-corrected chi connectivity index (χ2v) is 6.56. The standard InChI is InChI=1S/C20H23N3O4.K/c1-23-17(10-11-22-23)19-16(3-2-12-27-19)13-21-18(24)9-6-14-4-7-15(8-5-14)20(25)26;/h4-11,16,19H,2-3,12-13H2,1H3,(H,21,24)(H,25,26);/q;+1/p-1/b9-6+;/t16-,19+;/m0./s1. The summed E-state index contributed by atoms with van der Waals surface area (Å²) in [6.07, 6.45) is 6.70. The second-order valence-electron chi connectivity index (χ2n) is 6.56. The van der Waals surface area contributed by atoms with Crippen molar-refractivity contribution in [3.8, 4) is 0 Å². The van der Waals surface area contributed by atoms with E-state index in [-0.39, 0.29) is 74.9 Å². The van der Waals surface area contributed by atoms with Crippen molar-refractivity contribution in [1.29, 1.82) is 0 Å². The van der Waals surface area contributed by atoms with Gasteiger partial charge in [-0.2, -0.15) is 5.10 Å². The van der Waals surface area contributed by atoms with Crippen LogP contribution in [0, 0.1) is 5.92 Å². The molecule has 2 heterocycles. The van der Waals surface area contributed by atoms with E-state index in [4.69, 9.17) is 4.74 Å². The van der Waals surface area contributed by atoms with Crippen molar-refractivity contribution >= 4 is 18.0 Å². The molecule has 0 unspecified atom stereocenters. The van der Waals surface area contributed by atoms with Gasteiger partial charge in [0.2, 0.25) is 5.91 Å². The van der Waals surface area contributed by atoms with Crippen LogP contribution in [0.2, 0.25) is 0 Å². The molecule has 2 aromatic rings. The van der Waals surface area contributed by atoms with Gasteiger partial charge in [-0.3, -0.25) is 9.48 Å². The van der Waals surface area contributed by atoms with E-state index >= 15 is 0 Å². The normalized spacial score (nSPS) is 19.2. The molecule has 0 spiro atoms. The number of aromatic nitrogens is 2. The van der Waals surface area contributed by atoms with Crippen molar-refractivity contribution in [2.75, 3.05) is 13.2 Å². The molecule has 8 heteroatoms. The minimum atomic E-state index is -1.22. The average molecular weight is 408 g/mol. The van der Waals surface area contributed by atoms with Gasteiger partial charge in [0.05, 0.1) is 11.7 Å². The Morgan fingerprint density at radius 2 is 2.07 bits per heavy atom. The van der Waals surface area contributed by atoms with Crippen LogP contribution in [-0.4, -0.2) is 34.8 Å². The third-order valence-corrected chi connectivity index (χ3v) is 4.71. The first kappa shape index (κ1) is 23.0. The number of rotatable bonds is 6. The van der Waals surface area contributed by atoms with Crippen LogP contribution in [0.5, 0.6) is 0 Å². The fraction of sp³-hybridized carbons (Fsp3) is 0.350. The van der Waals surface area contributed by atoms with Crippen molar-refractivity contribution in [2.45, 2.75) is 18.9 Å². The Morgan fingerprint density at radius 1 is 1.32 bits per heavy atom. The van der Waals surface area contributed by atoms with E-state index in [1.165, 1.54) is 18.2 Å². The summed E-state index contributed by atoms with van der Waals surface area (Å²) in [5.41, 5.74) is 1.86. The van der Waals surface area contributed by atoms with Crippen molar-refractivity contribution in [3.05, 3.63) is 59.4 Å². The van der Waals surface area contributed by atoms with Crippen molar-refractivity contribution < 1.29 is 70.8 Å². The zero-order valence-corrected chi connectivity index (χ0v) is 19.3. The minimum Gasteiger partial charge on any atom is -0.545 e. The van der Waals surface area contributed by atoms with Crippen LogP contribution in [0.4, 0.5) is 0 Å². The number of carbonyl (C=O) groups is 2. The summed E-state index contributed by atoms with van der Waals surface area (Å²) in [4.78, 5) is 22.9. The molecule has 1 fully saturated rings. The van der Waals surface area contributed by atoms with Crippen molar-refractivity contribution in [3.63, 3.8) is 0 Å². The largest absolute Gasteiger partial charge is 1.00 e. The van der Waals surface area contributed by atoms with Crippen LogP contribution in [0.3, 0.4) is 0 Å². The molecule has 1 saturated heterocycles. The summed E-state index contributed by atoms with van der Waals surface area (Å²) in [5.74, 6) is -1.23. The molecule has 1 aromatic heterocycles. The fourth-order valence-corrected chi connectivity index (χ4v) is 3.24. The molecule has 0 saturated carbocycles. The summed E-state index contributed by atoms with van der Waals surface area (Å²) >= 11 is 0. The van der Waals surface area contributed by atoms with Crippen LogP contribution in [-0.2, 0) is 16.6 Å². The molecule has 142 valence electrons. The van der Waals surface area contributed by atoms with Gasteiger partial charge in [0.25, 0.3) is 0 Å². The number of carboxylic acid groups (broad SMARTS) is 1. The molecule has 1 amide bonds. The third-order valence-electron chi connectivity index (χ3n) is 4.71. The number of aryl methyl sites for hydroxylation is 1. The topological polar surface area (TPSA) is 96.3 Å². The van der Waals surface area contributed by atoms with Crippen molar-refractivity contribution in [1.82, 2.24) is 15.1 Å². The van der Waals surface area contributed by atoms with E-state index in [0.29, 0.717) is 13.2 Å². The summed E-state index contributed by atoms with van der Waals surface area (Å²) in [5, 5.41) is 17.9. The number of ether oxygens (including phenoxy) is 1. The number of amides is 1. The number of aromatic carboxylic acids is 1. The number of nitrogens with one attached hydrogen (secondary N) is 1. The van der Waals surface area contributed by atoms with E-state index in [9.17, 15) is 14.7 Å². The number of benzene rings is 1. The minimum absolute atomic E-state index is 0. The zero-order valence-electron chi connectivity index (χ0n) is 16.1. The summed E-state index contributed by atoms with van der Waals surface area (Å²) in [6, 6.07) is 8.10. The molecule has 1 aliphatic heterocycles. The Bertz CT molecular complexity index is 832. The van der Waals surface area contributed by atoms with Crippen LogP contribution in [0.25, 0.3) is 6.08 Å². The molecule has 28 heavy (non-hydrogen) atoms. The molecular weight excluding hydrogens is 385 g/mol. The van der Waals surface area contributed by atoms with Gasteiger partial charge in [0, 0.05) is 38.4 Å². The predicted molar refractivity (Wildman–Crippen MR) is 97.4 cm³/mol. The van der Waals surface area contributed by atoms with Gasteiger partial charge in [0.1, 0.15) is 6.10 Å². The van der Waals surface area contributed by atoms with Crippen LogP contribution < -0.4 is 61.8 Å². The Hall–Kier alpha value is -1.29. The first-order valence-corrected chi connectivity index (χ1v) is 8.91. The maximum Gasteiger partial charge on any atom is 1.00 e. The predicted octanol–water partition coefficient (Wildman–Crippen LogP) is -1.92. The first-order chi connectivity index (χ1) is 13.0. The Labute approximate surface area is 206 Å². The van der Waals surface area contributed by atoms with E-state index < -0.39 is 5.97 Å². The SMILES string of the molecule is Cn1nccc1[C@@H]1OCCC[C@H]1CNC(=O)/C=C/c1ccc(C(=O)[O-])cc1.[K+]. The van der Waals surface area contributed by atoms with Gasteiger partial charge in [-0.05, 0) is 36.1 Å². The van der Waals surface area contributed by atoms with E-state index in [2.05, 4.69) is 10.4 Å². The summed E-state index contributed by atoms with van der Waals surface area (Å²) in [7, 11) is 1.89. The van der Waals surface area contributed by atoms with Gasteiger partial charge in [0.15, 0.2) is 0 Å². The third kappa shape index (κ3) is 6.10. The number of nitrogens with zero attached hydrogens (tertiary/aromatic N) is 2. The zero-order chi connectivity index (χ0) is 19.2. The van der Waals surface area contributed by atoms with Gasteiger partial charge >= 0.3 is 51.4 Å². The second kappa shape index (κ2) is 11.0.